The van der Waals surface area contributed by atoms with E-state index >= 15 is 0 Å². The Morgan fingerprint density at radius 3 is 2.48 bits per heavy atom. The van der Waals surface area contributed by atoms with Crippen LogP contribution in [0.2, 0.25) is 0 Å². The normalized spacial score (nSPS) is 10.8. The Morgan fingerprint density at radius 2 is 1.78 bits per heavy atom. The molecule has 0 saturated heterocycles. The van der Waals surface area contributed by atoms with Crippen LogP contribution in [-0.2, 0) is 0 Å². The van der Waals surface area contributed by atoms with Gasteiger partial charge in [0.2, 0.25) is 5.82 Å². The van der Waals surface area contributed by atoms with Crippen molar-refractivity contribution in [2.75, 3.05) is 0 Å². The number of aromatic nitrogens is 5. The van der Waals surface area contributed by atoms with Crippen molar-refractivity contribution in [2.45, 2.75) is 6.92 Å². The summed E-state index contributed by atoms with van der Waals surface area (Å²) < 4.78 is 5.25. The maximum Gasteiger partial charge on any atom is 0.278 e. The second kappa shape index (κ2) is 5.69. The minimum atomic E-state index is 0.354. The predicted molar refractivity (Wildman–Crippen MR) is 86.6 cm³/mol. The van der Waals surface area contributed by atoms with Gasteiger partial charge in [0, 0.05) is 28.9 Å². The van der Waals surface area contributed by atoms with Crippen molar-refractivity contribution in [3.05, 3.63) is 53.2 Å². The molecule has 0 bridgehead atoms. The SMILES string of the molecule is Cc1nc(-c2ccc(-c3noc(-c4cnccn4)n3)cc2)cs1. The first-order valence-electron chi connectivity index (χ1n) is 6.92. The van der Waals surface area contributed by atoms with E-state index in [1.165, 1.54) is 0 Å². The molecule has 0 aliphatic carbocycles. The van der Waals surface area contributed by atoms with E-state index in [0.717, 1.165) is 21.8 Å². The summed E-state index contributed by atoms with van der Waals surface area (Å²) >= 11 is 1.64. The molecule has 0 aliphatic rings. The molecule has 4 rings (SSSR count). The number of thiazole rings is 1. The fourth-order valence-electron chi connectivity index (χ4n) is 2.14. The summed E-state index contributed by atoms with van der Waals surface area (Å²) in [5.41, 5.74) is 3.48. The van der Waals surface area contributed by atoms with Crippen molar-refractivity contribution in [3.63, 3.8) is 0 Å². The molecule has 0 radical (unpaired) electrons. The van der Waals surface area contributed by atoms with Crippen molar-refractivity contribution >= 4 is 11.3 Å². The Labute approximate surface area is 135 Å². The first-order chi connectivity index (χ1) is 11.3. The molecule has 3 heterocycles. The van der Waals surface area contributed by atoms with E-state index < -0.39 is 0 Å². The van der Waals surface area contributed by atoms with Gasteiger partial charge < -0.3 is 4.52 Å². The van der Waals surface area contributed by atoms with Gasteiger partial charge >= 0.3 is 0 Å². The van der Waals surface area contributed by atoms with Crippen molar-refractivity contribution in [2.24, 2.45) is 0 Å². The predicted octanol–water partition coefficient (Wildman–Crippen LogP) is 3.63. The highest BCUT2D eigenvalue weighted by atomic mass is 32.1. The highest BCUT2D eigenvalue weighted by molar-refractivity contribution is 7.09. The van der Waals surface area contributed by atoms with E-state index in [0.29, 0.717) is 17.4 Å². The number of rotatable bonds is 3. The summed E-state index contributed by atoms with van der Waals surface area (Å²) in [5.74, 6) is 0.874. The van der Waals surface area contributed by atoms with Gasteiger partial charge in [-0.25, -0.2) is 9.97 Å². The van der Waals surface area contributed by atoms with Crippen molar-refractivity contribution in [1.29, 1.82) is 0 Å². The van der Waals surface area contributed by atoms with Crippen LogP contribution in [0.25, 0.3) is 34.2 Å². The third kappa shape index (κ3) is 2.74. The highest BCUT2D eigenvalue weighted by Crippen LogP contribution is 2.25. The van der Waals surface area contributed by atoms with Gasteiger partial charge in [-0.1, -0.05) is 29.4 Å². The average Bonchev–Trinajstić information content (AvgIpc) is 3.25. The van der Waals surface area contributed by atoms with Crippen LogP contribution in [0, 0.1) is 6.92 Å². The van der Waals surface area contributed by atoms with Gasteiger partial charge in [0.15, 0.2) is 0 Å². The highest BCUT2D eigenvalue weighted by Gasteiger charge is 2.12. The van der Waals surface area contributed by atoms with Gasteiger partial charge in [-0.05, 0) is 6.92 Å². The lowest BCUT2D eigenvalue weighted by Gasteiger charge is -1.98. The smallest absolute Gasteiger partial charge is 0.278 e. The van der Waals surface area contributed by atoms with E-state index in [2.05, 4.69) is 25.1 Å². The van der Waals surface area contributed by atoms with E-state index in [4.69, 9.17) is 4.52 Å². The molecule has 4 aromatic rings. The van der Waals surface area contributed by atoms with E-state index in [1.807, 2.05) is 36.6 Å². The second-order valence-electron chi connectivity index (χ2n) is 4.84. The fraction of sp³-hybridized carbons (Fsp3) is 0.0625. The molecule has 23 heavy (non-hydrogen) atoms. The summed E-state index contributed by atoms with van der Waals surface area (Å²) in [6, 6.07) is 7.91. The molecule has 0 unspecified atom stereocenters. The maximum atomic E-state index is 5.25. The lowest BCUT2D eigenvalue weighted by atomic mass is 10.1. The Morgan fingerprint density at radius 1 is 0.957 bits per heavy atom. The third-order valence-corrected chi connectivity index (χ3v) is 4.04. The minimum absolute atomic E-state index is 0.354. The maximum absolute atomic E-state index is 5.25. The number of nitrogens with zero attached hydrogens (tertiary/aromatic N) is 5. The first-order valence-corrected chi connectivity index (χ1v) is 7.80. The standard InChI is InChI=1S/C16H11N5OS/c1-10-19-14(9-23-10)11-2-4-12(5-3-11)15-20-16(22-21-15)13-8-17-6-7-18-13/h2-9H,1H3. The number of hydrogen-bond donors (Lipinski definition) is 0. The van der Waals surface area contributed by atoms with Gasteiger partial charge in [0.25, 0.3) is 5.89 Å². The molecule has 0 atom stereocenters. The first kappa shape index (κ1) is 13.7. The molecule has 0 saturated carbocycles. The van der Waals surface area contributed by atoms with Crippen LogP contribution >= 0.6 is 11.3 Å². The zero-order valence-corrected chi connectivity index (χ0v) is 13.0. The molecule has 0 amide bonds. The second-order valence-corrected chi connectivity index (χ2v) is 5.91. The van der Waals surface area contributed by atoms with E-state index in [9.17, 15) is 0 Å². The average molecular weight is 321 g/mol. The molecule has 112 valence electrons. The van der Waals surface area contributed by atoms with Gasteiger partial charge in [-0.3, -0.25) is 4.98 Å². The van der Waals surface area contributed by atoms with Gasteiger partial charge in [0.1, 0.15) is 5.69 Å². The third-order valence-electron chi connectivity index (χ3n) is 3.27. The van der Waals surface area contributed by atoms with Crippen LogP contribution < -0.4 is 0 Å². The summed E-state index contributed by atoms with van der Waals surface area (Å²) in [4.78, 5) is 17.0. The molecule has 0 fully saturated rings. The van der Waals surface area contributed by atoms with Crippen molar-refractivity contribution in [3.8, 4) is 34.2 Å². The van der Waals surface area contributed by atoms with Crippen LogP contribution in [0.1, 0.15) is 5.01 Å². The molecule has 1 aromatic carbocycles. The van der Waals surface area contributed by atoms with E-state index in [1.54, 1.807) is 29.9 Å². The lowest BCUT2D eigenvalue weighted by Crippen LogP contribution is -1.85. The molecule has 6 nitrogen and oxygen atoms in total. The quantitative estimate of drug-likeness (QED) is 0.573. The monoisotopic (exact) mass is 321 g/mol. The number of hydrogen-bond acceptors (Lipinski definition) is 7. The molecule has 0 aliphatic heterocycles. The Balaban J connectivity index is 1.63. The van der Waals surface area contributed by atoms with Crippen LogP contribution in [0.4, 0.5) is 0 Å². The zero-order chi connectivity index (χ0) is 15.6. The summed E-state index contributed by atoms with van der Waals surface area (Å²) in [5, 5.41) is 7.10. The molecule has 0 N–H and O–H groups in total. The van der Waals surface area contributed by atoms with Crippen molar-refractivity contribution in [1.82, 2.24) is 25.1 Å². The topological polar surface area (TPSA) is 77.6 Å². The summed E-state index contributed by atoms with van der Waals surface area (Å²) in [6.07, 6.45) is 4.77. The fourth-order valence-corrected chi connectivity index (χ4v) is 2.76. The van der Waals surface area contributed by atoms with Gasteiger partial charge in [0.05, 0.1) is 16.9 Å². The minimum Gasteiger partial charge on any atom is -0.332 e. The lowest BCUT2D eigenvalue weighted by molar-refractivity contribution is 0.431. The Bertz CT molecular complexity index is 931. The summed E-state index contributed by atoms with van der Waals surface area (Å²) in [7, 11) is 0. The van der Waals surface area contributed by atoms with E-state index in [-0.39, 0.29) is 0 Å². The molecular weight excluding hydrogens is 310 g/mol. The number of benzene rings is 1. The molecule has 3 aromatic heterocycles. The largest absolute Gasteiger partial charge is 0.332 e. The Kier molecular flexibility index (Phi) is 3.39. The Hall–Kier alpha value is -2.93. The molecule has 0 spiro atoms. The van der Waals surface area contributed by atoms with Crippen LogP contribution in [0.5, 0.6) is 0 Å². The zero-order valence-electron chi connectivity index (χ0n) is 12.2. The van der Waals surface area contributed by atoms with Crippen LogP contribution in [0.15, 0.2) is 52.8 Å². The van der Waals surface area contributed by atoms with Gasteiger partial charge in [-0.2, -0.15) is 4.98 Å². The molecule has 7 heteroatoms. The number of aryl methyl sites for hydroxylation is 1. The van der Waals surface area contributed by atoms with Crippen molar-refractivity contribution < 1.29 is 4.52 Å². The van der Waals surface area contributed by atoms with Gasteiger partial charge in [-0.15, -0.1) is 11.3 Å². The molecular formula is C16H11N5OS. The van der Waals surface area contributed by atoms with Crippen LogP contribution in [0.3, 0.4) is 0 Å². The van der Waals surface area contributed by atoms with Crippen LogP contribution in [-0.4, -0.2) is 25.1 Å². The summed E-state index contributed by atoms with van der Waals surface area (Å²) in [6.45, 7) is 2.00.